The second-order valence-corrected chi connectivity index (χ2v) is 5.13. The van der Waals surface area contributed by atoms with E-state index in [9.17, 15) is 9.90 Å². The van der Waals surface area contributed by atoms with E-state index in [1.54, 1.807) is 18.2 Å². The Hall–Kier alpha value is -2.34. The third kappa shape index (κ3) is 4.92. The Kier molecular flexibility index (Phi) is 5.34. The fourth-order valence-electron chi connectivity index (χ4n) is 1.58. The van der Waals surface area contributed by atoms with E-state index in [0.717, 1.165) is 10.2 Å². The van der Waals surface area contributed by atoms with Gasteiger partial charge in [-0.15, -0.1) is 0 Å². The number of carbonyl (C=O) groups excluding carboxylic acids is 1. The number of nitrogens with zero attached hydrogens (tertiary/aromatic N) is 1. The van der Waals surface area contributed by atoms with E-state index in [1.165, 1.54) is 6.21 Å². The van der Waals surface area contributed by atoms with Crippen molar-refractivity contribution in [2.24, 2.45) is 5.10 Å². The number of aromatic hydroxyl groups is 1. The molecule has 108 valence electrons. The second kappa shape index (κ2) is 7.44. The van der Waals surface area contributed by atoms with Crippen molar-refractivity contribution in [3.05, 3.63) is 58.6 Å². The average Bonchev–Trinajstić information content (AvgIpc) is 2.50. The van der Waals surface area contributed by atoms with Crippen LogP contribution in [-0.4, -0.2) is 23.8 Å². The maximum absolute atomic E-state index is 11.6. The van der Waals surface area contributed by atoms with Crippen LogP contribution in [0.25, 0.3) is 0 Å². The van der Waals surface area contributed by atoms with Crippen molar-refractivity contribution in [1.82, 2.24) is 5.43 Å². The number of hydrogen-bond donors (Lipinski definition) is 3. The van der Waals surface area contributed by atoms with Gasteiger partial charge in [-0.3, -0.25) is 4.79 Å². The molecule has 0 radical (unpaired) electrons. The predicted octanol–water partition coefficient (Wildman–Crippen LogP) is 2.72. The van der Waals surface area contributed by atoms with Crippen LogP contribution < -0.4 is 10.7 Å². The number of phenols is 1. The minimum atomic E-state index is -0.274. The summed E-state index contributed by atoms with van der Waals surface area (Å²) < 4.78 is 0.818. The Bertz CT molecular complexity index is 645. The molecule has 0 aliphatic heterocycles. The first-order chi connectivity index (χ1) is 10.1. The highest BCUT2D eigenvalue weighted by Crippen LogP contribution is 2.19. The first kappa shape index (κ1) is 15.1. The number of hydrogen-bond acceptors (Lipinski definition) is 4. The molecule has 0 aliphatic rings. The number of rotatable bonds is 5. The average molecular weight is 348 g/mol. The van der Waals surface area contributed by atoms with Gasteiger partial charge in [0.2, 0.25) is 0 Å². The maximum atomic E-state index is 11.6. The van der Waals surface area contributed by atoms with Crippen LogP contribution in [0, 0.1) is 0 Å². The second-order valence-electron chi connectivity index (χ2n) is 4.22. The summed E-state index contributed by atoms with van der Waals surface area (Å²) in [5, 5.41) is 16.4. The molecular formula is C15H14BrN3O2. The van der Waals surface area contributed by atoms with Crippen molar-refractivity contribution >= 4 is 33.7 Å². The molecule has 0 heterocycles. The van der Waals surface area contributed by atoms with Gasteiger partial charge in [0, 0.05) is 15.7 Å². The van der Waals surface area contributed by atoms with Gasteiger partial charge in [0.05, 0.1) is 12.8 Å². The van der Waals surface area contributed by atoms with E-state index >= 15 is 0 Å². The van der Waals surface area contributed by atoms with Gasteiger partial charge in [0.15, 0.2) is 0 Å². The first-order valence-electron chi connectivity index (χ1n) is 6.24. The maximum Gasteiger partial charge on any atom is 0.259 e. The summed E-state index contributed by atoms with van der Waals surface area (Å²) in [5.41, 5.74) is 3.77. The van der Waals surface area contributed by atoms with Crippen LogP contribution >= 0.6 is 15.9 Å². The van der Waals surface area contributed by atoms with Crippen LogP contribution in [0.2, 0.25) is 0 Å². The van der Waals surface area contributed by atoms with E-state index in [4.69, 9.17) is 0 Å². The van der Waals surface area contributed by atoms with Crippen LogP contribution in [-0.2, 0) is 4.79 Å². The minimum absolute atomic E-state index is 0.0959. The molecule has 6 heteroatoms. The number of carbonyl (C=O) groups is 1. The normalized spacial score (nSPS) is 10.5. The molecule has 0 aromatic heterocycles. The molecule has 0 fully saturated rings. The van der Waals surface area contributed by atoms with Crippen molar-refractivity contribution in [2.45, 2.75) is 0 Å². The Morgan fingerprint density at radius 2 is 2.00 bits per heavy atom. The number of benzene rings is 2. The Morgan fingerprint density at radius 1 is 1.24 bits per heavy atom. The smallest absolute Gasteiger partial charge is 0.259 e. The lowest BCUT2D eigenvalue weighted by Gasteiger charge is -2.04. The fourth-order valence-corrected chi connectivity index (χ4v) is 1.96. The highest BCUT2D eigenvalue weighted by atomic mass is 79.9. The van der Waals surface area contributed by atoms with Crippen molar-refractivity contribution in [3.63, 3.8) is 0 Å². The predicted molar refractivity (Wildman–Crippen MR) is 86.5 cm³/mol. The number of hydrazone groups is 1. The van der Waals surface area contributed by atoms with Gasteiger partial charge in [0.1, 0.15) is 5.75 Å². The van der Waals surface area contributed by atoms with Crippen LogP contribution in [0.5, 0.6) is 5.75 Å². The number of para-hydroxylation sites is 1. The molecule has 5 nitrogen and oxygen atoms in total. The van der Waals surface area contributed by atoms with Crippen LogP contribution in [0.3, 0.4) is 0 Å². The fraction of sp³-hybridized carbons (Fsp3) is 0.0667. The zero-order chi connectivity index (χ0) is 15.1. The third-order valence-corrected chi connectivity index (χ3v) is 3.10. The number of halogens is 1. The van der Waals surface area contributed by atoms with Crippen molar-refractivity contribution < 1.29 is 9.90 Å². The van der Waals surface area contributed by atoms with Crippen molar-refractivity contribution in [2.75, 3.05) is 11.9 Å². The SMILES string of the molecule is O=C(CNc1ccccc1)N/N=C\c1cc(Br)ccc1O. The Morgan fingerprint density at radius 3 is 2.76 bits per heavy atom. The lowest BCUT2D eigenvalue weighted by molar-refractivity contribution is -0.119. The summed E-state index contributed by atoms with van der Waals surface area (Å²) in [4.78, 5) is 11.6. The van der Waals surface area contributed by atoms with Crippen LogP contribution in [0.4, 0.5) is 5.69 Å². The van der Waals surface area contributed by atoms with Gasteiger partial charge in [-0.25, -0.2) is 5.43 Å². The molecule has 0 saturated heterocycles. The molecule has 0 unspecified atom stereocenters. The van der Waals surface area contributed by atoms with E-state index in [2.05, 4.69) is 31.8 Å². The molecule has 3 N–H and O–H groups in total. The number of amides is 1. The van der Waals surface area contributed by atoms with Crippen molar-refractivity contribution in [1.29, 1.82) is 0 Å². The molecule has 2 aromatic carbocycles. The molecule has 0 saturated carbocycles. The van der Waals surface area contributed by atoms with E-state index in [-0.39, 0.29) is 18.2 Å². The van der Waals surface area contributed by atoms with Crippen LogP contribution in [0.1, 0.15) is 5.56 Å². The molecule has 0 bridgehead atoms. The van der Waals surface area contributed by atoms with Gasteiger partial charge in [0.25, 0.3) is 5.91 Å². The zero-order valence-electron chi connectivity index (χ0n) is 11.1. The summed E-state index contributed by atoms with van der Waals surface area (Å²) in [6.07, 6.45) is 1.39. The molecule has 1 amide bonds. The zero-order valence-corrected chi connectivity index (χ0v) is 12.7. The summed E-state index contributed by atoms with van der Waals surface area (Å²) >= 11 is 3.30. The molecule has 2 aromatic rings. The largest absolute Gasteiger partial charge is 0.507 e. The summed E-state index contributed by atoms with van der Waals surface area (Å²) in [6, 6.07) is 14.4. The van der Waals surface area contributed by atoms with Gasteiger partial charge in [-0.2, -0.15) is 5.10 Å². The van der Waals surface area contributed by atoms with Crippen molar-refractivity contribution in [3.8, 4) is 5.75 Å². The first-order valence-corrected chi connectivity index (χ1v) is 7.04. The molecular weight excluding hydrogens is 334 g/mol. The summed E-state index contributed by atoms with van der Waals surface area (Å²) in [5.74, 6) is -0.178. The Balaban J connectivity index is 1.83. The van der Waals surface area contributed by atoms with Gasteiger partial charge < -0.3 is 10.4 Å². The molecule has 0 atom stereocenters. The lowest BCUT2D eigenvalue weighted by atomic mass is 10.2. The van der Waals surface area contributed by atoms with Gasteiger partial charge in [-0.05, 0) is 30.3 Å². The third-order valence-electron chi connectivity index (χ3n) is 2.61. The Labute approximate surface area is 130 Å². The molecule has 0 spiro atoms. The molecule has 2 rings (SSSR count). The number of anilines is 1. The number of nitrogens with one attached hydrogen (secondary N) is 2. The van der Waals surface area contributed by atoms with Gasteiger partial charge in [-0.1, -0.05) is 34.1 Å². The monoisotopic (exact) mass is 347 g/mol. The standard InChI is InChI=1S/C15H14BrN3O2/c16-12-6-7-14(20)11(8-12)9-18-19-15(21)10-17-13-4-2-1-3-5-13/h1-9,17,20H,10H2,(H,19,21)/b18-9-. The number of phenolic OH excluding ortho intramolecular Hbond substituents is 1. The highest BCUT2D eigenvalue weighted by Gasteiger charge is 2.01. The lowest BCUT2D eigenvalue weighted by Crippen LogP contribution is -2.25. The van der Waals surface area contributed by atoms with E-state index in [1.807, 2.05) is 30.3 Å². The highest BCUT2D eigenvalue weighted by molar-refractivity contribution is 9.10. The summed E-state index contributed by atoms with van der Waals surface area (Å²) in [6.45, 7) is 0.117. The van der Waals surface area contributed by atoms with Gasteiger partial charge >= 0.3 is 0 Å². The topological polar surface area (TPSA) is 73.7 Å². The summed E-state index contributed by atoms with van der Waals surface area (Å²) in [7, 11) is 0. The van der Waals surface area contributed by atoms with E-state index in [0.29, 0.717) is 5.56 Å². The molecule has 0 aliphatic carbocycles. The molecule has 21 heavy (non-hydrogen) atoms. The van der Waals surface area contributed by atoms with Crippen LogP contribution in [0.15, 0.2) is 58.1 Å². The van der Waals surface area contributed by atoms with E-state index < -0.39 is 0 Å². The quantitative estimate of drug-likeness (QED) is 0.575. The minimum Gasteiger partial charge on any atom is -0.507 e.